The zero-order valence-corrected chi connectivity index (χ0v) is 21.8. The van der Waals surface area contributed by atoms with Crippen molar-refractivity contribution in [2.45, 2.75) is 77.5 Å². The largest absolute Gasteiger partial charge is 0.343 e. The molecule has 192 valence electrons. The third-order valence-electron chi connectivity index (χ3n) is 7.12. The molecule has 0 saturated carbocycles. The van der Waals surface area contributed by atoms with Crippen LogP contribution >= 0.6 is 0 Å². The summed E-state index contributed by atoms with van der Waals surface area (Å²) in [6.07, 6.45) is 5.04. The zero-order chi connectivity index (χ0) is 25.7. The van der Waals surface area contributed by atoms with Crippen molar-refractivity contribution in [3.63, 3.8) is 0 Å². The Morgan fingerprint density at radius 3 is 2.66 bits per heavy atom. The van der Waals surface area contributed by atoms with Crippen molar-refractivity contribution in [2.75, 3.05) is 20.1 Å². The second-order valence-electron chi connectivity index (χ2n) is 9.99. The van der Waals surface area contributed by atoms with Gasteiger partial charge in [-0.25, -0.2) is 5.43 Å². The Kier molecular flexibility index (Phi) is 9.08. The van der Waals surface area contributed by atoms with E-state index in [-0.39, 0.29) is 35.7 Å². The van der Waals surface area contributed by atoms with Crippen molar-refractivity contribution in [2.24, 2.45) is 5.92 Å². The van der Waals surface area contributed by atoms with Crippen molar-refractivity contribution in [3.8, 4) is 0 Å². The first-order chi connectivity index (χ1) is 16.7. The molecular weight excluding hydrogens is 442 g/mol. The maximum atomic E-state index is 13.4. The van der Waals surface area contributed by atoms with Crippen LogP contribution in [0.4, 0.5) is 0 Å². The van der Waals surface area contributed by atoms with Crippen LogP contribution in [0.2, 0.25) is 0 Å². The SMILES string of the molecule is C=Cc1ccc2c(c1)[C@H](N(C)C(=O)[C@@H]1CCCN(C(=O)[C@H](C)NC(=O)[C@@H](NCC)C(C)C)N1)CC2. The minimum Gasteiger partial charge on any atom is -0.343 e. The molecule has 8 nitrogen and oxygen atoms in total. The fraction of sp³-hybridized carbons (Fsp3) is 0.593. The molecule has 0 aromatic heterocycles. The topological polar surface area (TPSA) is 93.8 Å². The molecule has 2 aliphatic rings. The number of nitrogens with one attached hydrogen (secondary N) is 3. The maximum absolute atomic E-state index is 13.4. The quantitative estimate of drug-likeness (QED) is 0.502. The number of nitrogens with zero attached hydrogens (tertiary/aromatic N) is 2. The first-order valence-corrected chi connectivity index (χ1v) is 12.8. The molecule has 1 aliphatic carbocycles. The Morgan fingerprint density at radius 2 is 2.00 bits per heavy atom. The fourth-order valence-electron chi connectivity index (χ4n) is 5.10. The number of carbonyl (C=O) groups excluding carboxylic acids is 3. The van der Waals surface area contributed by atoms with Crippen LogP contribution in [0.15, 0.2) is 24.8 Å². The van der Waals surface area contributed by atoms with Crippen molar-refractivity contribution in [1.82, 2.24) is 26.0 Å². The first-order valence-electron chi connectivity index (χ1n) is 12.8. The summed E-state index contributed by atoms with van der Waals surface area (Å²) in [5, 5.41) is 7.51. The van der Waals surface area contributed by atoms with Gasteiger partial charge in [0.1, 0.15) is 12.1 Å². The van der Waals surface area contributed by atoms with E-state index in [4.69, 9.17) is 0 Å². The summed E-state index contributed by atoms with van der Waals surface area (Å²) in [5.41, 5.74) is 6.65. The predicted molar refractivity (Wildman–Crippen MR) is 138 cm³/mol. The Balaban J connectivity index is 1.62. The van der Waals surface area contributed by atoms with E-state index in [9.17, 15) is 14.4 Å². The number of rotatable bonds is 9. The first kappa shape index (κ1) is 26.9. The summed E-state index contributed by atoms with van der Waals surface area (Å²) in [6, 6.07) is 4.79. The second kappa shape index (κ2) is 11.8. The number of amides is 3. The fourth-order valence-corrected chi connectivity index (χ4v) is 5.10. The van der Waals surface area contributed by atoms with Gasteiger partial charge in [-0.05, 0) is 67.8 Å². The van der Waals surface area contributed by atoms with Crippen molar-refractivity contribution in [1.29, 1.82) is 0 Å². The molecule has 4 atom stereocenters. The van der Waals surface area contributed by atoms with E-state index in [2.05, 4.69) is 40.8 Å². The number of benzene rings is 1. The third kappa shape index (κ3) is 6.11. The van der Waals surface area contributed by atoms with Gasteiger partial charge < -0.3 is 15.5 Å². The lowest BCUT2D eigenvalue weighted by Gasteiger charge is -2.37. The second-order valence-corrected chi connectivity index (χ2v) is 9.99. The van der Waals surface area contributed by atoms with Crippen LogP contribution < -0.4 is 16.1 Å². The lowest BCUT2D eigenvalue weighted by Crippen LogP contribution is -2.61. The van der Waals surface area contributed by atoms with Gasteiger partial charge in [-0.2, -0.15) is 0 Å². The summed E-state index contributed by atoms with van der Waals surface area (Å²) < 4.78 is 0. The summed E-state index contributed by atoms with van der Waals surface area (Å²) in [7, 11) is 1.85. The number of hydrogen-bond donors (Lipinski definition) is 3. The lowest BCUT2D eigenvalue weighted by molar-refractivity contribution is -0.146. The van der Waals surface area contributed by atoms with Crippen molar-refractivity contribution < 1.29 is 14.4 Å². The molecule has 8 heteroatoms. The number of hydrazine groups is 1. The minimum atomic E-state index is -0.694. The third-order valence-corrected chi connectivity index (χ3v) is 7.12. The summed E-state index contributed by atoms with van der Waals surface area (Å²) in [5.74, 6) is -0.343. The minimum absolute atomic E-state index is 0.0162. The average Bonchev–Trinajstić information content (AvgIpc) is 3.28. The van der Waals surface area contributed by atoms with Crippen LogP contribution in [-0.2, 0) is 20.8 Å². The number of fused-ring (bicyclic) bond motifs is 1. The molecule has 1 aromatic rings. The summed E-state index contributed by atoms with van der Waals surface area (Å²) in [4.78, 5) is 41.0. The van der Waals surface area contributed by atoms with E-state index >= 15 is 0 Å². The molecule has 0 radical (unpaired) electrons. The van der Waals surface area contributed by atoms with E-state index in [1.54, 1.807) is 6.92 Å². The Hall–Kier alpha value is -2.71. The molecule has 0 unspecified atom stereocenters. The smallest absolute Gasteiger partial charge is 0.258 e. The monoisotopic (exact) mass is 483 g/mol. The molecule has 0 bridgehead atoms. The highest BCUT2D eigenvalue weighted by Crippen LogP contribution is 2.36. The molecule has 1 heterocycles. The molecule has 3 rings (SSSR count). The standard InChI is InChI=1S/C27H41N5O3/c1-7-19-11-12-20-13-14-23(21(20)16-19)31(6)27(35)22-10-9-15-32(30-22)26(34)18(5)29-25(33)24(17(3)4)28-8-2/h7,11-12,16-18,22-24,28,30H,1,8-10,13-15H2,2-6H3,(H,29,33)/t18-,22-,23+,24-/m0/s1. The normalized spacial score (nSPS) is 21.3. The van der Waals surface area contributed by atoms with Crippen LogP contribution in [0.5, 0.6) is 0 Å². The average molecular weight is 484 g/mol. The van der Waals surface area contributed by atoms with Crippen LogP contribution in [0.1, 0.15) is 69.7 Å². The van der Waals surface area contributed by atoms with Gasteiger partial charge in [-0.1, -0.05) is 45.6 Å². The van der Waals surface area contributed by atoms with Gasteiger partial charge in [0.25, 0.3) is 5.91 Å². The van der Waals surface area contributed by atoms with E-state index in [1.807, 2.05) is 38.8 Å². The highest BCUT2D eigenvalue weighted by Gasteiger charge is 2.36. The van der Waals surface area contributed by atoms with Gasteiger partial charge >= 0.3 is 0 Å². The van der Waals surface area contributed by atoms with Gasteiger partial charge in [0, 0.05) is 13.6 Å². The highest BCUT2D eigenvalue weighted by atomic mass is 16.2. The van der Waals surface area contributed by atoms with Gasteiger partial charge in [0.2, 0.25) is 11.8 Å². The number of likely N-dealkylation sites (N-methyl/N-ethyl adjacent to an activating group) is 2. The summed E-state index contributed by atoms with van der Waals surface area (Å²) in [6.45, 7) is 12.6. The number of carbonyl (C=O) groups is 3. The lowest BCUT2D eigenvalue weighted by atomic mass is 10.0. The van der Waals surface area contributed by atoms with Crippen LogP contribution in [0, 0.1) is 5.92 Å². The van der Waals surface area contributed by atoms with Crippen LogP contribution in [-0.4, -0.2) is 65.9 Å². The van der Waals surface area contributed by atoms with E-state index in [1.165, 1.54) is 16.1 Å². The molecule has 1 aromatic carbocycles. The van der Waals surface area contributed by atoms with Crippen LogP contribution in [0.25, 0.3) is 6.08 Å². The molecule has 35 heavy (non-hydrogen) atoms. The van der Waals surface area contributed by atoms with Crippen molar-refractivity contribution in [3.05, 3.63) is 41.5 Å². The predicted octanol–water partition coefficient (Wildman–Crippen LogP) is 2.41. The van der Waals surface area contributed by atoms with E-state index in [0.29, 0.717) is 19.5 Å². The van der Waals surface area contributed by atoms with Crippen LogP contribution in [0.3, 0.4) is 0 Å². The van der Waals surface area contributed by atoms with E-state index in [0.717, 1.165) is 24.8 Å². The van der Waals surface area contributed by atoms with Gasteiger partial charge in [-0.15, -0.1) is 0 Å². The molecule has 3 N–H and O–H groups in total. The van der Waals surface area contributed by atoms with Crippen molar-refractivity contribution >= 4 is 23.8 Å². The van der Waals surface area contributed by atoms with E-state index < -0.39 is 12.1 Å². The Bertz CT molecular complexity index is 947. The molecule has 0 spiro atoms. The maximum Gasteiger partial charge on any atom is 0.258 e. The molecule has 1 fully saturated rings. The number of hydrogen-bond acceptors (Lipinski definition) is 5. The Labute approximate surface area is 209 Å². The molecular formula is C27H41N5O3. The van der Waals surface area contributed by atoms with Gasteiger partial charge in [-0.3, -0.25) is 19.4 Å². The number of aryl methyl sites for hydroxylation is 1. The molecule has 3 amide bonds. The van der Waals surface area contributed by atoms with Gasteiger partial charge in [0.15, 0.2) is 0 Å². The molecule has 1 aliphatic heterocycles. The highest BCUT2D eigenvalue weighted by molar-refractivity contribution is 5.90. The summed E-state index contributed by atoms with van der Waals surface area (Å²) >= 11 is 0. The Morgan fingerprint density at radius 1 is 1.26 bits per heavy atom. The zero-order valence-electron chi connectivity index (χ0n) is 21.8. The van der Waals surface area contributed by atoms with Gasteiger partial charge in [0.05, 0.1) is 12.1 Å². The molecule has 1 saturated heterocycles.